The number of furan rings is 1. The van der Waals surface area contributed by atoms with Gasteiger partial charge >= 0.3 is 0 Å². The fourth-order valence-corrected chi connectivity index (χ4v) is 3.76. The average Bonchev–Trinajstić information content (AvgIpc) is 3.30. The van der Waals surface area contributed by atoms with E-state index in [1.807, 2.05) is 19.1 Å². The summed E-state index contributed by atoms with van der Waals surface area (Å²) in [4.78, 5) is 12.6. The Kier molecular flexibility index (Phi) is 3.43. The fraction of sp³-hybridized carbons (Fsp3) is 0.200. The molecule has 1 aliphatic carbocycles. The minimum atomic E-state index is -0.303. The van der Waals surface area contributed by atoms with E-state index in [4.69, 9.17) is 4.42 Å². The number of Topliss-reactive ketones (excluding diaryl/α,β-unsaturated/α-hetero) is 1. The first-order chi connectivity index (χ1) is 13.1. The minimum absolute atomic E-state index is 0.0498. The topological polar surface area (TPSA) is 73.3 Å². The first-order valence-electron chi connectivity index (χ1n) is 8.69. The molecule has 0 fully saturated rings. The van der Waals surface area contributed by atoms with Gasteiger partial charge in [-0.1, -0.05) is 12.1 Å². The highest BCUT2D eigenvalue weighted by Gasteiger charge is 2.32. The first kappa shape index (κ1) is 15.9. The standard InChI is InChI=1S/C20H15FN4O2/c1-11-18(12-4-6-14(21)7-5-12)20-23-22-19-15(25(20)24-11)9-13(10-16(19)26)17-3-2-8-27-17/h2-8,13H,9-10H2,1H3. The van der Waals surface area contributed by atoms with Crippen molar-refractivity contribution in [2.45, 2.75) is 25.7 Å². The van der Waals surface area contributed by atoms with E-state index < -0.39 is 0 Å². The Balaban J connectivity index is 1.69. The highest BCUT2D eigenvalue weighted by Crippen LogP contribution is 2.34. The van der Waals surface area contributed by atoms with Crippen LogP contribution in [0.3, 0.4) is 0 Å². The second kappa shape index (κ2) is 5.84. The van der Waals surface area contributed by atoms with E-state index in [1.54, 1.807) is 22.9 Å². The summed E-state index contributed by atoms with van der Waals surface area (Å²) < 4.78 is 20.5. The van der Waals surface area contributed by atoms with Crippen LogP contribution in [0.4, 0.5) is 4.39 Å². The maximum absolute atomic E-state index is 13.3. The molecule has 5 rings (SSSR count). The number of halogens is 1. The summed E-state index contributed by atoms with van der Waals surface area (Å²) in [6.45, 7) is 1.87. The number of carbonyl (C=O) groups is 1. The maximum atomic E-state index is 13.3. The van der Waals surface area contributed by atoms with Crippen LogP contribution in [0.2, 0.25) is 0 Å². The van der Waals surface area contributed by atoms with Crippen LogP contribution in [-0.2, 0) is 6.42 Å². The molecule has 0 saturated heterocycles. The van der Waals surface area contributed by atoms with Gasteiger partial charge < -0.3 is 4.42 Å². The van der Waals surface area contributed by atoms with Crippen molar-refractivity contribution in [3.05, 3.63) is 71.3 Å². The van der Waals surface area contributed by atoms with Crippen molar-refractivity contribution in [2.75, 3.05) is 0 Å². The van der Waals surface area contributed by atoms with Crippen molar-refractivity contribution in [3.8, 4) is 11.1 Å². The molecule has 1 atom stereocenters. The van der Waals surface area contributed by atoms with Gasteiger partial charge in [-0.15, -0.1) is 10.2 Å². The fourth-order valence-electron chi connectivity index (χ4n) is 3.76. The van der Waals surface area contributed by atoms with Gasteiger partial charge in [-0.2, -0.15) is 5.10 Å². The lowest BCUT2D eigenvalue weighted by atomic mass is 9.87. The zero-order chi connectivity index (χ0) is 18.5. The number of aromatic nitrogens is 4. The number of carbonyl (C=O) groups excluding carboxylic acids is 1. The molecular formula is C20H15FN4O2. The Morgan fingerprint density at radius 1 is 1.15 bits per heavy atom. The number of hydrogen-bond acceptors (Lipinski definition) is 5. The lowest BCUT2D eigenvalue weighted by Gasteiger charge is -2.21. The molecule has 4 aromatic rings. The predicted molar refractivity (Wildman–Crippen MR) is 95.0 cm³/mol. The van der Waals surface area contributed by atoms with Gasteiger partial charge in [0.1, 0.15) is 11.6 Å². The predicted octanol–water partition coefficient (Wildman–Crippen LogP) is 3.74. The summed E-state index contributed by atoms with van der Waals surface area (Å²) in [5.74, 6) is 0.361. The van der Waals surface area contributed by atoms with Gasteiger partial charge in [-0.3, -0.25) is 4.79 Å². The summed E-state index contributed by atoms with van der Waals surface area (Å²) in [5, 5.41) is 13.1. The molecule has 0 saturated carbocycles. The number of fused-ring (bicyclic) bond motifs is 3. The zero-order valence-electron chi connectivity index (χ0n) is 14.5. The second-order valence-corrected chi connectivity index (χ2v) is 6.74. The first-order valence-corrected chi connectivity index (χ1v) is 8.69. The normalized spacial score (nSPS) is 16.7. The highest BCUT2D eigenvalue weighted by molar-refractivity contribution is 5.97. The molecule has 3 heterocycles. The number of aryl methyl sites for hydroxylation is 1. The number of rotatable bonds is 2. The Morgan fingerprint density at radius 2 is 1.96 bits per heavy atom. The minimum Gasteiger partial charge on any atom is -0.469 e. The van der Waals surface area contributed by atoms with Crippen LogP contribution in [0.15, 0.2) is 47.1 Å². The van der Waals surface area contributed by atoms with Crippen molar-refractivity contribution in [1.29, 1.82) is 0 Å². The molecule has 1 aliphatic rings. The van der Waals surface area contributed by atoms with E-state index in [1.165, 1.54) is 12.1 Å². The molecule has 3 aromatic heterocycles. The summed E-state index contributed by atoms with van der Waals surface area (Å²) in [5.41, 5.74) is 4.00. The van der Waals surface area contributed by atoms with Gasteiger partial charge in [0.25, 0.3) is 0 Å². The highest BCUT2D eigenvalue weighted by atomic mass is 19.1. The van der Waals surface area contributed by atoms with Gasteiger partial charge in [0.05, 0.1) is 23.2 Å². The van der Waals surface area contributed by atoms with Crippen LogP contribution < -0.4 is 0 Å². The van der Waals surface area contributed by atoms with Gasteiger partial charge in [-0.25, -0.2) is 8.91 Å². The largest absolute Gasteiger partial charge is 0.469 e. The number of ketones is 1. The lowest BCUT2D eigenvalue weighted by Crippen LogP contribution is -2.24. The van der Waals surface area contributed by atoms with Crippen molar-refractivity contribution in [3.63, 3.8) is 0 Å². The van der Waals surface area contributed by atoms with E-state index in [0.29, 0.717) is 24.2 Å². The summed E-state index contributed by atoms with van der Waals surface area (Å²) in [7, 11) is 0. The van der Waals surface area contributed by atoms with Crippen LogP contribution in [0.1, 0.15) is 40.0 Å². The van der Waals surface area contributed by atoms with Gasteiger partial charge in [0.15, 0.2) is 17.1 Å². The van der Waals surface area contributed by atoms with Crippen molar-refractivity contribution in [2.24, 2.45) is 0 Å². The summed E-state index contributed by atoms with van der Waals surface area (Å²) >= 11 is 0. The lowest BCUT2D eigenvalue weighted by molar-refractivity contribution is 0.0951. The molecule has 0 aliphatic heterocycles. The summed E-state index contributed by atoms with van der Waals surface area (Å²) in [6.07, 6.45) is 2.54. The smallest absolute Gasteiger partial charge is 0.185 e. The SMILES string of the molecule is Cc1nn2c3c(nnc2c1-c1ccc(F)cc1)C(=O)CC(c1ccco1)C3. The molecular weight excluding hydrogens is 347 g/mol. The average molecular weight is 362 g/mol. The van der Waals surface area contributed by atoms with Crippen LogP contribution >= 0.6 is 0 Å². The number of benzene rings is 1. The molecule has 1 aromatic carbocycles. The van der Waals surface area contributed by atoms with Crippen LogP contribution in [0.5, 0.6) is 0 Å². The van der Waals surface area contributed by atoms with E-state index in [-0.39, 0.29) is 17.5 Å². The third-order valence-electron chi connectivity index (χ3n) is 5.02. The van der Waals surface area contributed by atoms with Gasteiger partial charge in [0.2, 0.25) is 0 Å². The molecule has 0 bridgehead atoms. The van der Waals surface area contributed by atoms with E-state index in [9.17, 15) is 9.18 Å². The van der Waals surface area contributed by atoms with Crippen molar-refractivity contribution < 1.29 is 13.6 Å². The molecule has 1 unspecified atom stereocenters. The molecule has 134 valence electrons. The molecule has 0 N–H and O–H groups in total. The Bertz CT molecular complexity index is 1160. The van der Waals surface area contributed by atoms with Gasteiger partial charge in [-0.05, 0) is 36.8 Å². The molecule has 6 nitrogen and oxygen atoms in total. The Labute approximate surface area is 153 Å². The third-order valence-corrected chi connectivity index (χ3v) is 5.02. The molecule has 0 amide bonds. The quantitative estimate of drug-likeness (QED) is 0.543. The molecule has 0 radical (unpaired) electrons. The Hall–Kier alpha value is -3.35. The molecule has 7 heteroatoms. The molecule has 0 spiro atoms. The Morgan fingerprint density at radius 3 is 2.70 bits per heavy atom. The number of hydrogen-bond donors (Lipinski definition) is 0. The van der Waals surface area contributed by atoms with Crippen molar-refractivity contribution in [1.82, 2.24) is 19.8 Å². The monoisotopic (exact) mass is 362 g/mol. The second-order valence-electron chi connectivity index (χ2n) is 6.74. The van der Waals surface area contributed by atoms with Crippen LogP contribution in [0, 0.1) is 12.7 Å². The van der Waals surface area contributed by atoms with E-state index in [2.05, 4.69) is 15.3 Å². The zero-order valence-corrected chi connectivity index (χ0v) is 14.5. The summed E-state index contributed by atoms with van der Waals surface area (Å²) in [6, 6.07) is 9.89. The van der Waals surface area contributed by atoms with Gasteiger partial charge in [0, 0.05) is 18.8 Å². The third kappa shape index (κ3) is 2.46. The van der Waals surface area contributed by atoms with Crippen molar-refractivity contribution >= 4 is 11.4 Å². The van der Waals surface area contributed by atoms with E-state index in [0.717, 1.165) is 28.3 Å². The van der Waals surface area contributed by atoms with Crippen LogP contribution in [0.25, 0.3) is 16.8 Å². The molecule has 27 heavy (non-hydrogen) atoms. The van der Waals surface area contributed by atoms with Crippen LogP contribution in [-0.4, -0.2) is 25.6 Å². The van der Waals surface area contributed by atoms with E-state index >= 15 is 0 Å². The number of nitrogens with zero attached hydrogens (tertiary/aromatic N) is 4. The maximum Gasteiger partial charge on any atom is 0.185 e.